The smallest absolute Gasteiger partial charge is 0.338 e. The molecule has 2 heterocycles. The molecule has 17 heavy (non-hydrogen) atoms. The number of rotatable bonds is 4. The second kappa shape index (κ2) is 4.92. The number of hydrogen-bond donors (Lipinski definition) is 1. The van der Waals surface area contributed by atoms with Crippen molar-refractivity contribution in [2.24, 2.45) is 0 Å². The minimum atomic E-state index is -0.396. The summed E-state index contributed by atoms with van der Waals surface area (Å²) in [5.74, 6) is 0.373. The van der Waals surface area contributed by atoms with Gasteiger partial charge in [0.2, 0.25) is 0 Å². The van der Waals surface area contributed by atoms with Gasteiger partial charge in [-0.25, -0.2) is 4.79 Å². The molecule has 0 amide bonds. The van der Waals surface area contributed by atoms with Crippen LogP contribution in [0.15, 0.2) is 18.3 Å². The number of ether oxygens (including phenoxy) is 1. The molecular formula is C11H13N3O3. The molecule has 2 aromatic heterocycles. The van der Waals surface area contributed by atoms with E-state index in [1.807, 2.05) is 0 Å². The normalized spacial score (nSPS) is 10.7. The third-order valence-electron chi connectivity index (χ3n) is 2.46. The Kier molecular flexibility index (Phi) is 3.34. The number of hydrogen-bond acceptors (Lipinski definition) is 5. The van der Waals surface area contributed by atoms with Gasteiger partial charge in [0.25, 0.3) is 0 Å². The van der Waals surface area contributed by atoms with Crippen molar-refractivity contribution in [3.05, 3.63) is 29.7 Å². The molecule has 90 valence electrons. The van der Waals surface area contributed by atoms with Crippen LogP contribution in [0.2, 0.25) is 0 Å². The van der Waals surface area contributed by atoms with Gasteiger partial charge < -0.3 is 9.84 Å². The van der Waals surface area contributed by atoms with Crippen molar-refractivity contribution in [3.63, 3.8) is 0 Å². The van der Waals surface area contributed by atoms with Gasteiger partial charge in [0, 0.05) is 19.2 Å². The summed E-state index contributed by atoms with van der Waals surface area (Å²) in [4.78, 5) is 11.3. The molecule has 6 heteroatoms. The van der Waals surface area contributed by atoms with Crippen LogP contribution in [0.4, 0.5) is 0 Å². The Morgan fingerprint density at radius 2 is 2.35 bits per heavy atom. The van der Waals surface area contributed by atoms with E-state index < -0.39 is 5.97 Å². The topological polar surface area (TPSA) is 76.7 Å². The van der Waals surface area contributed by atoms with E-state index in [0.29, 0.717) is 24.1 Å². The quantitative estimate of drug-likeness (QED) is 0.778. The first-order chi connectivity index (χ1) is 8.26. The number of aliphatic hydroxyl groups is 1. The van der Waals surface area contributed by atoms with E-state index in [1.54, 1.807) is 22.7 Å². The minimum absolute atomic E-state index is 0.120. The van der Waals surface area contributed by atoms with E-state index in [2.05, 4.69) is 14.9 Å². The molecule has 0 aliphatic heterocycles. The van der Waals surface area contributed by atoms with Crippen LogP contribution in [-0.2, 0) is 11.2 Å². The van der Waals surface area contributed by atoms with Gasteiger partial charge in [0.1, 0.15) is 5.82 Å². The SMILES string of the molecule is COC(=O)c1ccn2c(CCCO)nnc2c1. The summed E-state index contributed by atoms with van der Waals surface area (Å²) in [5, 5.41) is 16.7. The first-order valence-corrected chi connectivity index (χ1v) is 5.29. The van der Waals surface area contributed by atoms with Crippen LogP contribution in [0.1, 0.15) is 22.6 Å². The van der Waals surface area contributed by atoms with Crippen LogP contribution in [-0.4, -0.2) is 39.4 Å². The summed E-state index contributed by atoms with van der Waals surface area (Å²) in [6, 6.07) is 3.28. The first kappa shape index (κ1) is 11.5. The molecule has 0 radical (unpaired) electrons. The van der Waals surface area contributed by atoms with Crippen molar-refractivity contribution in [3.8, 4) is 0 Å². The Morgan fingerprint density at radius 1 is 1.53 bits per heavy atom. The molecule has 6 nitrogen and oxygen atoms in total. The standard InChI is InChI=1S/C11H13N3O3/c1-17-11(16)8-4-5-14-9(3-2-6-15)12-13-10(14)7-8/h4-5,7,15H,2-3,6H2,1H3. The molecule has 0 saturated carbocycles. The van der Waals surface area contributed by atoms with Gasteiger partial charge in [-0.2, -0.15) is 0 Å². The maximum Gasteiger partial charge on any atom is 0.338 e. The summed E-state index contributed by atoms with van der Waals surface area (Å²) in [7, 11) is 1.34. The lowest BCUT2D eigenvalue weighted by atomic mass is 10.2. The number of carbonyl (C=O) groups is 1. The van der Waals surface area contributed by atoms with Crippen molar-refractivity contribution >= 4 is 11.6 Å². The van der Waals surface area contributed by atoms with Gasteiger partial charge in [-0.15, -0.1) is 10.2 Å². The molecule has 1 N–H and O–H groups in total. The predicted molar refractivity (Wildman–Crippen MR) is 59.7 cm³/mol. The molecule has 0 atom stereocenters. The number of nitrogens with zero attached hydrogens (tertiary/aromatic N) is 3. The zero-order valence-electron chi connectivity index (χ0n) is 9.46. The molecule has 2 rings (SSSR count). The van der Waals surface area contributed by atoms with E-state index in [0.717, 1.165) is 5.82 Å². The Labute approximate surface area is 97.9 Å². The molecule has 0 aliphatic rings. The molecule has 0 spiro atoms. The predicted octanol–water partition coefficient (Wildman–Crippen LogP) is 0.441. The fourth-order valence-corrected chi connectivity index (χ4v) is 1.59. The first-order valence-electron chi connectivity index (χ1n) is 5.29. The number of pyridine rings is 1. The van der Waals surface area contributed by atoms with Gasteiger partial charge in [-0.05, 0) is 18.6 Å². The van der Waals surface area contributed by atoms with Gasteiger partial charge >= 0.3 is 5.97 Å². The Hall–Kier alpha value is -1.95. The largest absolute Gasteiger partial charge is 0.465 e. The summed E-state index contributed by atoms with van der Waals surface area (Å²) < 4.78 is 6.42. The summed E-state index contributed by atoms with van der Waals surface area (Å²) in [6.07, 6.45) is 3.02. The maximum atomic E-state index is 11.3. The van der Waals surface area contributed by atoms with E-state index in [4.69, 9.17) is 5.11 Å². The highest BCUT2D eigenvalue weighted by Crippen LogP contribution is 2.09. The summed E-state index contributed by atoms with van der Waals surface area (Å²) in [5.41, 5.74) is 1.04. The lowest BCUT2D eigenvalue weighted by Crippen LogP contribution is -2.03. The van der Waals surface area contributed by atoms with E-state index in [1.165, 1.54) is 7.11 Å². The zero-order chi connectivity index (χ0) is 12.3. The van der Waals surface area contributed by atoms with Crippen LogP contribution >= 0.6 is 0 Å². The zero-order valence-corrected chi connectivity index (χ0v) is 9.46. The molecule has 0 bridgehead atoms. The number of aromatic nitrogens is 3. The number of esters is 1. The lowest BCUT2D eigenvalue weighted by Gasteiger charge is -2.01. The second-order valence-corrected chi connectivity index (χ2v) is 3.58. The van der Waals surface area contributed by atoms with Gasteiger partial charge in [-0.3, -0.25) is 4.40 Å². The summed E-state index contributed by atoms with van der Waals surface area (Å²) >= 11 is 0. The van der Waals surface area contributed by atoms with Gasteiger partial charge in [-0.1, -0.05) is 0 Å². The van der Waals surface area contributed by atoms with Crippen molar-refractivity contribution < 1.29 is 14.6 Å². The lowest BCUT2D eigenvalue weighted by molar-refractivity contribution is 0.0600. The third-order valence-corrected chi connectivity index (χ3v) is 2.46. The Morgan fingerprint density at radius 3 is 3.06 bits per heavy atom. The number of carbonyl (C=O) groups excluding carboxylic acids is 1. The minimum Gasteiger partial charge on any atom is -0.465 e. The van der Waals surface area contributed by atoms with Crippen LogP contribution in [0.3, 0.4) is 0 Å². The van der Waals surface area contributed by atoms with E-state index in [-0.39, 0.29) is 6.61 Å². The molecule has 0 fully saturated rings. The van der Waals surface area contributed by atoms with Crippen LogP contribution in [0, 0.1) is 0 Å². The monoisotopic (exact) mass is 235 g/mol. The molecule has 0 saturated heterocycles. The van der Waals surface area contributed by atoms with Crippen molar-refractivity contribution in [1.82, 2.24) is 14.6 Å². The highest BCUT2D eigenvalue weighted by atomic mass is 16.5. The Bertz CT molecular complexity index is 536. The van der Waals surface area contributed by atoms with Crippen molar-refractivity contribution in [2.75, 3.05) is 13.7 Å². The van der Waals surface area contributed by atoms with E-state index in [9.17, 15) is 4.79 Å². The summed E-state index contributed by atoms with van der Waals surface area (Å²) in [6.45, 7) is 0.120. The highest BCUT2D eigenvalue weighted by Gasteiger charge is 2.09. The average Bonchev–Trinajstić information content (AvgIpc) is 2.77. The fraction of sp³-hybridized carbons (Fsp3) is 0.364. The average molecular weight is 235 g/mol. The fourth-order valence-electron chi connectivity index (χ4n) is 1.59. The third kappa shape index (κ3) is 2.26. The highest BCUT2D eigenvalue weighted by molar-refractivity contribution is 5.90. The molecule has 0 aromatic carbocycles. The number of aryl methyl sites for hydroxylation is 1. The van der Waals surface area contributed by atoms with Crippen LogP contribution in [0.5, 0.6) is 0 Å². The van der Waals surface area contributed by atoms with E-state index >= 15 is 0 Å². The van der Waals surface area contributed by atoms with Crippen molar-refractivity contribution in [2.45, 2.75) is 12.8 Å². The maximum absolute atomic E-state index is 11.3. The molecule has 0 aliphatic carbocycles. The molecular weight excluding hydrogens is 222 g/mol. The Balaban J connectivity index is 2.34. The molecule has 0 unspecified atom stereocenters. The van der Waals surface area contributed by atoms with Crippen LogP contribution < -0.4 is 0 Å². The van der Waals surface area contributed by atoms with Crippen molar-refractivity contribution in [1.29, 1.82) is 0 Å². The van der Waals surface area contributed by atoms with Gasteiger partial charge in [0.05, 0.1) is 12.7 Å². The van der Waals surface area contributed by atoms with Crippen LogP contribution in [0.25, 0.3) is 5.65 Å². The number of aliphatic hydroxyl groups excluding tert-OH is 1. The second-order valence-electron chi connectivity index (χ2n) is 3.58. The molecule has 2 aromatic rings. The van der Waals surface area contributed by atoms with Gasteiger partial charge in [0.15, 0.2) is 5.65 Å². The number of methoxy groups -OCH3 is 1. The number of fused-ring (bicyclic) bond motifs is 1.